The van der Waals surface area contributed by atoms with Gasteiger partial charge in [-0.05, 0) is 24.3 Å². The van der Waals surface area contributed by atoms with Crippen molar-refractivity contribution in [3.8, 4) is 5.75 Å². The molecule has 0 saturated heterocycles. The van der Waals surface area contributed by atoms with Gasteiger partial charge in [-0.2, -0.15) is 0 Å². The van der Waals surface area contributed by atoms with E-state index < -0.39 is 0 Å². The minimum absolute atomic E-state index is 0.0943. The standard InChI is InChI=1S/C15H10Cl2O2/c16-12-8-11(15(19)13(17)9-12)6-7-14(18)10-4-2-1-3-5-10/h1-9,19H/b7-6+. The van der Waals surface area contributed by atoms with Crippen LogP contribution in [0.4, 0.5) is 0 Å². The number of benzene rings is 2. The molecule has 0 aliphatic rings. The summed E-state index contributed by atoms with van der Waals surface area (Å²) in [6.07, 6.45) is 2.86. The summed E-state index contributed by atoms with van der Waals surface area (Å²) in [5.41, 5.74) is 0.980. The Balaban J connectivity index is 2.27. The van der Waals surface area contributed by atoms with Gasteiger partial charge in [-0.1, -0.05) is 53.5 Å². The van der Waals surface area contributed by atoms with E-state index in [1.54, 1.807) is 24.3 Å². The van der Waals surface area contributed by atoms with Crippen LogP contribution in [0.1, 0.15) is 15.9 Å². The Kier molecular flexibility index (Phi) is 4.25. The highest BCUT2D eigenvalue weighted by molar-refractivity contribution is 6.35. The molecular formula is C15H10Cl2O2. The van der Waals surface area contributed by atoms with E-state index in [-0.39, 0.29) is 16.6 Å². The molecule has 2 nitrogen and oxygen atoms in total. The summed E-state index contributed by atoms with van der Waals surface area (Å²) in [6, 6.07) is 11.8. The monoisotopic (exact) mass is 292 g/mol. The highest BCUT2D eigenvalue weighted by Gasteiger charge is 2.06. The SMILES string of the molecule is O=C(/C=C/c1cc(Cl)cc(Cl)c1O)c1ccccc1. The summed E-state index contributed by atoms with van der Waals surface area (Å²) in [7, 11) is 0. The molecule has 0 spiro atoms. The van der Waals surface area contributed by atoms with E-state index >= 15 is 0 Å². The first-order valence-corrected chi connectivity index (χ1v) is 6.29. The summed E-state index contributed by atoms with van der Waals surface area (Å²) in [5, 5.41) is 10.3. The average Bonchev–Trinajstić information content (AvgIpc) is 2.41. The Morgan fingerprint density at radius 2 is 1.79 bits per heavy atom. The van der Waals surface area contributed by atoms with Gasteiger partial charge < -0.3 is 5.11 Å². The molecule has 0 fully saturated rings. The molecule has 0 atom stereocenters. The highest BCUT2D eigenvalue weighted by atomic mass is 35.5. The number of ketones is 1. The molecule has 2 aromatic rings. The summed E-state index contributed by atoms with van der Waals surface area (Å²) in [4.78, 5) is 11.9. The number of carbonyl (C=O) groups excluding carboxylic acids is 1. The number of hydrogen-bond donors (Lipinski definition) is 1. The minimum atomic E-state index is -0.156. The van der Waals surface area contributed by atoms with Gasteiger partial charge >= 0.3 is 0 Å². The van der Waals surface area contributed by atoms with Crippen LogP contribution >= 0.6 is 23.2 Å². The van der Waals surface area contributed by atoms with Crippen molar-refractivity contribution in [3.63, 3.8) is 0 Å². The van der Waals surface area contributed by atoms with Crippen LogP contribution in [0, 0.1) is 0 Å². The van der Waals surface area contributed by atoms with Gasteiger partial charge in [0.2, 0.25) is 0 Å². The second kappa shape index (κ2) is 5.91. The zero-order chi connectivity index (χ0) is 13.8. The van der Waals surface area contributed by atoms with Crippen molar-refractivity contribution in [1.82, 2.24) is 0 Å². The fraction of sp³-hybridized carbons (Fsp3) is 0. The third-order valence-electron chi connectivity index (χ3n) is 2.53. The number of allylic oxidation sites excluding steroid dienone is 1. The number of rotatable bonds is 3. The van der Waals surface area contributed by atoms with E-state index in [1.165, 1.54) is 24.3 Å². The van der Waals surface area contributed by atoms with Crippen molar-refractivity contribution >= 4 is 35.1 Å². The third kappa shape index (κ3) is 3.37. The molecular weight excluding hydrogens is 283 g/mol. The van der Waals surface area contributed by atoms with Crippen molar-refractivity contribution in [2.24, 2.45) is 0 Å². The Morgan fingerprint density at radius 1 is 1.11 bits per heavy atom. The van der Waals surface area contributed by atoms with Crippen LogP contribution in [-0.2, 0) is 0 Å². The third-order valence-corrected chi connectivity index (χ3v) is 3.04. The van der Waals surface area contributed by atoms with Crippen molar-refractivity contribution in [2.75, 3.05) is 0 Å². The Hall–Kier alpha value is -1.77. The molecule has 0 amide bonds. The van der Waals surface area contributed by atoms with E-state index in [2.05, 4.69) is 0 Å². The fourth-order valence-corrected chi connectivity index (χ4v) is 2.09. The van der Waals surface area contributed by atoms with Crippen LogP contribution in [-0.4, -0.2) is 10.9 Å². The first-order valence-electron chi connectivity index (χ1n) is 5.53. The maximum atomic E-state index is 11.9. The Labute approximate surface area is 120 Å². The van der Waals surface area contributed by atoms with Gasteiger partial charge in [-0.3, -0.25) is 4.79 Å². The highest BCUT2D eigenvalue weighted by Crippen LogP contribution is 2.31. The molecule has 2 aromatic carbocycles. The van der Waals surface area contributed by atoms with Crippen molar-refractivity contribution in [2.45, 2.75) is 0 Å². The number of carbonyl (C=O) groups is 1. The summed E-state index contributed by atoms with van der Waals surface area (Å²) < 4.78 is 0. The zero-order valence-corrected chi connectivity index (χ0v) is 11.3. The van der Waals surface area contributed by atoms with Gasteiger partial charge in [0.1, 0.15) is 5.75 Å². The maximum Gasteiger partial charge on any atom is 0.185 e. The lowest BCUT2D eigenvalue weighted by Gasteiger charge is -2.02. The number of halogens is 2. The molecule has 4 heteroatoms. The molecule has 0 saturated carbocycles. The lowest BCUT2D eigenvalue weighted by Crippen LogP contribution is -1.92. The maximum absolute atomic E-state index is 11.9. The van der Waals surface area contributed by atoms with Crippen molar-refractivity contribution < 1.29 is 9.90 Å². The zero-order valence-electron chi connectivity index (χ0n) is 9.81. The summed E-state index contributed by atoms with van der Waals surface area (Å²) in [5.74, 6) is -0.251. The molecule has 19 heavy (non-hydrogen) atoms. The van der Waals surface area contributed by atoms with Crippen LogP contribution in [0.5, 0.6) is 5.75 Å². The number of hydrogen-bond acceptors (Lipinski definition) is 2. The van der Waals surface area contributed by atoms with Crippen LogP contribution in [0.15, 0.2) is 48.5 Å². The predicted molar refractivity (Wildman–Crippen MR) is 77.9 cm³/mol. The summed E-state index contributed by atoms with van der Waals surface area (Å²) in [6.45, 7) is 0. The van der Waals surface area contributed by atoms with Crippen molar-refractivity contribution in [3.05, 3.63) is 69.7 Å². The lowest BCUT2D eigenvalue weighted by molar-refractivity contribution is 0.104. The quantitative estimate of drug-likeness (QED) is 0.663. The van der Waals surface area contributed by atoms with Gasteiger partial charge in [0.25, 0.3) is 0 Å². The molecule has 0 unspecified atom stereocenters. The minimum Gasteiger partial charge on any atom is -0.506 e. The normalized spacial score (nSPS) is 10.8. The molecule has 0 bridgehead atoms. The smallest absolute Gasteiger partial charge is 0.185 e. The molecule has 0 aromatic heterocycles. The van der Waals surface area contributed by atoms with Gasteiger partial charge in [0.15, 0.2) is 5.78 Å². The molecule has 1 N–H and O–H groups in total. The molecule has 2 rings (SSSR count). The van der Waals surface area contributed by atoms with Gasteiger partial charge in [-0.25, -0.2) is 0 Å². The van der Waals surface area contributed by atoms with Crippen LogP contribution in [0.2, 0.25) is 10.0 Å². The topological polar surface area (TPSA) is 37.3 Å². The first-order chi connectivity index (χ1) is 9.08. The Morgan fingerprint density at radius 3 is 2.47 bits per heavy atom. The Bertz CT molecular complexity index is 634. The fourth-order valence-electron chi connectivity index (χ4n) is 1.58. The molecule has 0 aliphatic carbocycles. The van der Waals surface area contributed by atoms with Crippen LogP contribution in [0.3, 0.4) is 0 Å². The molecule has 0 aliphatic heterocycles. The second-order valence-electron chi connectivity index (χ2n) is 3.89. The average molecular weight is 293 g/mol. The van der Waals surface area contributed by atoms with Gasteiger partial charge in [-0.15, -0.1) is 0 Å². The van der Waals surface area contributed by atoms with Crippen molar-refractivity contribution in [1.29, 1.82) is 0 Å². The first kappa shape index (κ1) is 13.7. The van der Waals surface area contributed by atoms with Crippen LogP contribution < -0.4 is 0 Å². The van der Waals surface area contributed by atoms with Crippen LogP contribution in [0.25, 0.3) is 6.08 Å². The van der Waals surface area contributed by atoms with Gasteiger partial charge in [0, 0.05) is 16.1 Å². The number of aromatic hydroxyl groups is 1. The van der Waals surface area contributed by atoms with E-state index in [1.807, 2.05) is 6.07 Å². The number of phenolic OH excluding ortho intramolecular Hbond substituents is 1. The molecule has 96 valence electrons. The van der Waals surface area contributed by atoms with E-state index in [4.69, 9.17) is 23.2 Å². The van der Waals surface area contributed by atoms with Gasteiger partial charge in [0.05, 0.1) is 5.02 Å². The van der Waals surface area contributed by atoms with E-state index in [0.29, 0.717) is 16.1 Å². The largest absolute Gasteiger partial charge is 0.506 e. The van der Waals surface area contributed by atoms with E-state index in [9.17, 15) is 9.90 Å². The summed E-state index contributed by atoms with van der Waals surface area (Å²) >= 11 is 11.6. The molecule has 0 radical (unpaired) electrons. The second-order valence-corrected chi connectivity index (χ2v) is 4.73. The van der Waals surface area contributed by atoms with E-state index in [0.717, 1.165) is 0 Å². The molecule has 0 heterocycles. The predicted octanol–water partition coefficient (Wildman–Crippen LogP) is 4.60. The lowest BCUT2D eigenvalue weighted by atomic mass is 10.1. The number of phenols is 1.